The van der Waals surface area contributed by atoms with Crippen LogP contribution in [0.3, 0.4) is 0 Å². The van der Waals surface area contributed by atoms with Gasteiger partial charge in [-0.3, -0.25) is 4.79 Å². The number of nitrogens with two attached hydrogens (primary N) is 1. The van der Waals surface area contributed by atoms with E-state index in [1.54, 1.807) is 0 Å². The van der Waals surface area contributed by atoms with Crippen LogP contribution >= 0.6 is 0 Å². The van der Waals surface area contributed by atoms with Crippen LogP contribution in [-0.4, -0.2) is 18.5 Å². The van der Waals surface area contributed by atoms with E-state index >= 15 is 0 Å². The molecule has 0 aromatic heterocycles. The number of fused-ring (bicyclic) bond motifs is 1. The average molecular weight is 274 g/mol. The van der Waals surface area contributed by atoms with E-state index in [2.05, 4.69) is 39.0 Å². The van der Waals surface area contributed by atoms with Gasteiger partial charge in [-0.05, 0) is 42.4 Å². The maximum absolute atomic E-state index is 12.5. The molecule has 2 rings (SSSR count). The summed E-state index contributed by atoms with van der Waals surface area (Å²) >= 11 is 0. The first-order valence-electron chi connectivity index (χ1n) is 7.74. The Balaban J connectivity index is 2.26. The highest BCUT2D eigenvalue weighted by Crippen LogP contribution is 2.30. The van der Waals surface area contributed by atoms with Crippen molar-refractivity contribution in [3.05, 3.63) is 29.3 Å². The van der Waals surface area contributed by atoms with Gasteiger partial charge in [0, 0.05) is 12.2 Å². The van der Waals surface area contributed by atoms with Crippen molar-refractivity contribution in [2.45, 2.75) is 58.4 Å². The number of carbonyl (C=O) groups is 1. The summed E-state index contributed by atoms with van der Waals surface area (Å²) in [7, 11) is 0. The van der Waals surface area contributed by atoms with Crippen LogP contribution in [0.5, 0.6) is 0 Å². The van der Waals surface area contributed by atoms with Crippen molar-refractivity contribution in [2.24, 2.45) is 5.73 Å². The van der Waals surface area contributed by atoms with Crippen LogP contribution in [0.15, 0.2) is 18.2 Å². The summed E-state index contributed by atoms with van der Waals surface area (Å²) < 4.78 is 0. The van der Waals surface area contributed by atoms with Gasteiger partial charge in [0.2, 0.25) is 5.91 Å². The number of amides is 1. The van der Waals surface area contributed by atoms with E-state index in [1.165, 1.54) is 11.1 Å². The molecule has 0 radical (unpaired) electrons. The first kappa shape index (κ1) is 15.0. The quantitative estimate of drug-likeness (QED) is 0.916. The summed E-state index contributed by atoms with van der Waals surface area (Å²) in [4.78, 5) is 14.4. The molecule has 0 aliphatic carbocycles. The van der Waals surface area contributed by atoms with Gasteiger partial charge < -0.3 is 10.6 Å². The molecule has 1 amide bonds. The van der Waals surface area contributed by atoms with E-state index < -0.39 is 0 Å². The first-order chi connectivity index (χ1) is 9.54. The fourth-order valence-corrected chi connectivity index (χ4v) is 2.84. The van der Waals surface area contributed by atoms with E-state index in [0.29, 0.717) is 5.92 Å². The smallest absolute Gasteiger partial charge is 0.243 e. The number of rotatable bonds is 4. The maximum atomic E-state index is 12.5. The van der Waals surface area contributed by atoms with Crippen molar-refractivity contribution >= 4 is 11.6 Å². The van der Waals surface area contributed by atoms with Gasteiger partial charge in [-0.15, -0.1) is 0 Å². The molecule has 1 atom stereocenters. The topological polar surface area (TPSA) is 46.3 Å². The molecule has 0 spiro atoms. The monoisotopic (exact) mass is 274 g/mol. The molecule has 0 saturated heterocycles. The zero-order chi connectivity index (χ0) is 14.7. The molecule has 1 heterocycles. The summed E-state index contributed by atoms with van der Waals surface area (Å²) in [5.74, 6) is 0.596. The number of anilines is 1. The molecule has 1 unspecified atom stereocenters. The van der Waals surface area contributed by atoms with Gasteiger partial charge in [0.15, 0.2) is 0 Å². The maximum Gasteiger partial charge on any atom is 0.243 e. The van der Waals surface area contributed by atoms with E-state index in [-0.39, 0.29) is 11.9 Å². The van der Waals surface area contributed by atoms with Crippen molar-refractivity contribution in [2.75, 3.05) is 11.4 Å². The highest BCUT2D eigenvalue weighted by atomic mass is 16.2. The molecule has 1 aromatic rings. The van der Waals surface area contributed by atoms with Crippen LogP contribution in [0.1, 0.15) is 57.1 Å². The van der Waals surface area contributed by atoms with Gasteiger partial charge in [-0.1, -0.05) is 39.3 Å². The lowest BCUT2D eigenvalue weighted by molar-refractivity contribution is -0.120. The molecule has 20 heavy (non-hydrogen) atoms. The molecule has 0 bridgehead atoms. The number of carbonyl (C=O) groups excluding carboxylic acids is 1. The van der Waals surface area contributed by atoms with Gasteiger partial charge in [-0.2, -0.15) is 0 Å². The van der Waals surface area contributed by atoms with Gasteiger partial charge >= 0.3 is 0 Å². The van der Waals surface area contributed by atoms with Crippen molar-refractivity contribution in [3.8, 4) is 0 Å². The molecule has 1 aliphatic heterocycles. The third-order valence-electron chi connectivity index (χ3n) is 4.07. The Morgan fingerprint density at radius 3 is 2.80 bits per heavy atom. The minimum absolute atomic E-state index is 0.0742. The molecular weight excluding hydrogens is 248 g/mol. The molecular formula is C17H26N2O. The number of hydrogen-bond donors (Lipinski definition) is 1. The van der Waals surface area contributed by atoms with Crippen LogP contribution in [0, 0.1) is 0 Å². The number of hydrogen-bond acceptors (Lipinski definition) is 2. The van der Waals surface area contributed by atoms with Crippen LogP contribution < -0.4 is 10.6 Å². The Morgan fingerprint density at radius 1 is 1.40 bits per heavy atom. The zero-order valence-electron chi connectivity index (χ0n) is 12.9. The molecule has 1 aliphatic rings. The number of aryl methyl sites for hydroxylation is 1. The van der Waals surface area contributed by atoms with Gasteiger partial charge in [-0.25, -0.2) is 0 Å². The van der Waals surface area contributed by atoms with Crippen molar-refractivity contribution in [3.63, 3.8) is 0 Å². The number of nitrogens with zero attached hydrogens (tertiary/aromatic N) is 1. The SMILES string of the molecule is CCCC(N)C(=O)N1CCCc2cc(C(C)C)ccc21. The third-order valence-corrected chi connectivity index (χ3v) is 4.07. The van der Waals surface area contributed by atoms with Crippen LogP contribution in [-0.2, 0) is 11.2 Å². The first-order valence-corrected chi connectivity index (χ1v) is 7.74. The Morgan fingerprint density at radius 2 is 2.15 bits per heavy atom. The Kier molecular flexibility index (Phi) is 4.81. The highest BCUT2D eigenvalue weighted by molar-refractivity contribution is 5.98. The second kappa shape index (κ2) is 6.40. The van der Waals surface area contributed by atoms with Gasteiger partial charge in [0.05, 0.1) is 6.04 Å². The summed E-state index contributed by atoms with van der Waals surface area (Å²) in [5.41, 5.74) is 9.70. The molecule has 1 aromatic carbocycles. The van der Waals surface area contributed by atoms with Crippen molar-refractivity contribution in [1.82, 2.24) is 0 Å². The Labute approximate surface area is 122 Å². The largest absolute Gasteiger partial charge is 0.320 e. The predicted molar refractivity (Wildman–Crippen MR) is 84.1 cm³/mol. The van der Waals surface area contributed by atoms with E-state index in [4.69, 9.17) is 5.73 Å². The van der Waals surface area contributed by atoms with E-state index in [0.717, 1.165) is 37.9 Å². The van der Waals surface area contributed by atoms with E-state index in [1.807, 2.05) is 4.90 Å². The van der Waals surface area contributed by atoms with Crippen LogP contribution in [0.2, 0.25) is 0 Å². The molecule has 0 fully saturated rings. The van der Waals surface area contributed by atoms with Crippen molar-refractivity contribution < 1.29 is 4.79 Å². The second-order valence-corrected chi connectivity index (χ2v) is 6.03. The third kappa shape index (κ3) is 3.04. The summed E-state index contributed by atoms with van der Waals surface area (Å²) in [6, 6.07) is 6.13. The second-order valence-electron chi connectivity index (χ2n) is 6.03. The van der Waals surface area contributed by atoms with Crippen LogP contribution in [0.25, 0.3) is 0 Å². The standard InChI is InChI=1S/C17H26N2O/c1-4-6-15(18)17(20)19-10-5-7-14-11-13(12(2)3)8-9-16(14)19/h8-9,11-12,15H,4-7,10,18H2,1-3H3. The summed E-state index contributed by atoms with van der Waals surface area (Å²) in [6.45, 7) is 7.26. The molecule has 3 heteroatoms. The van der Waals surface area contributed by atoms with Gasteiger partial charge in [0.25, 0.3) is 0 Å². The van der Waals surface area contributed by atoms with E-state index in [9.17, 15) is 4.79 Å². The molecule has 110 valence electrons. The lowest BCUT2D eigenvalue weighted by Gasteiger charge is -2.32. The molecule has 2 N–H and O–H groups in total. The predicted octanol–water partition coefficient (Wildman–Crippen LogP) is 3.22. The fraction of sp³-hybridized carbons (Fsp3) is 0.588. The normalized spacial score (nSPS) is 16.1. The summed E-state index contributed by atoms with van der Waals surface area (Å²) in [6.07, 6.45) is 3.79. The highest BCUT2D eigenvalue weighted by Gasteiger charge is 2.26. The minimum Gasteiger partial charge on any atom is -0.320 e. The van der Waals surface area contributed by atoms with Gasteiger partial charge in [0.1, 0.15) is 0 Å². The lowest BCUT2D eigenvalue weighted by atomic mass is 9.94. The van der Waals surface area contributed by atoms with Crippen LogP contribution in [0.4, 0.5) is 5.69 Å². The fourth-order valence-electron chi connectivity index (χ4n) is 2.84. The Hall–Kier alpha value is -1.35. The minimum atomic E-state index is -0.365. The zero-order valence-corrected chi connectivity index (χ0v) is 12.9. The molecule has 0 saturated carbocycles. The van der Waals surface area contributed by atoms with Crippen molar-refractivity contribution in [1.29, 1.82) is 0 Å². The molecule has 3 nitrogen and oxygen atoms in total. The Bertz CT molecular complexity index is 482. The summed E-state index contributed by atoms with van der Waals surface area (Å²) in [5, 5.41) is 0. The lowest BCUT2D eigenvalue weighted by Crippen LogP contribution is -2.46. The number of benzene rings is 1. The average Bonchev–Trinajstić information content (AvgIpc) is 2.45.